The molecule has 31 heavy (non-hydrogen) atoms. The van der Waals surface area contributed by atoms with Gasteiger partial charge in [-0.15, -0.1) is 12.4 Å². The van der Waals surface area contributed by atoms with Crippen LogP contribution in [0.2, 0.25) is 0 Å². The van der Waals surface area contributed by atoms with Crippen LogP contribution in [0.15, 0.2) is 65.2 Å². The van der Waals surface area contributed by atoms with Gasteiger partial charge in [-0.25, -0.2) is 0 Å². The summed E-state index contributed by atoms with van der Waals surface area (Å²) in [7, 11) is 1.67. The molecule has 3 heterocycles. The smallest absolute Gasteiger partial charge is 0.159 e. The van der Waals surface area contributed by atoms with E-state index in [-0.39, 0.29) is 12.4 Å². The molecule has 2 saturated heterocycles. The standard InChI is InChI=1S/C25H26N2O3.ClH/c1-28-22-7-2-18(3-8-22)17-29-23-9-4-19(5-10-23)25-14-24(30-26-25)11-6-20-15-27-13-12-21(20)16-27;/h2-11,14,20-21H,12-13,15-17H2,1H3;1H. The minimum Gasteiger partial charge on any atom is -0.497 e. The van der Waals surface area contributed by atoms with E-state index < -0.39 is 0 Å². The van der Waals surface area contributed by atoms with Crippen molar-refractivity contribution in [3.63, 3.8) is 0 Å². The molecule has 2 bridgehead atoms. The molecule has 0 saturated carbocycles. The Hall–Kier alpha value is -2.76. The largest absolute Gasteiger partial charge is 0.497 e. The number of nitrogens with zero attached hydrogens (tertiary/aromatic N) is 2. The predicted octanol–water partition coefficient (Wildman–Crippen LogP) is 5.32. The molecule has 3 aromatic rings. The molecule has 6 heteroatoms. The van der Waals surface area contributed by atoms with Crippen LogP contribution < -0.4 is 9.47 Å². The predicted molar refractivity (Wildman–Crippen MR) is 124 cm³/mol. The third-order valence-corrected chi connectivity index (χ3v) is 6.13. The summed E-state index contributed by atoms with van der Waals surface area (Å²) in [6.07, 6.45) is 5.70. The quantitative estimate of drug-likeness (QED) is 0.500. The summed E-state index contributed by atoms with van der Waals surface area (Å²) in [5.74, 6) is 3.94. The van der Waals surface area contributed by atoms with Gasteiger partial charge in [-0.05, 0) is 72.8 Å². The Bertz CT molecular complexity index is 1010. The zero-order valence-electron chi connectivity index (χ0n) is 17.6. The van der Waals surface area contributed by atoms with Crippen molar-refractivity contribution in [2.75, 3.05) is 26.7 Å². The lowest BCUT2D eigenvalue weighted by Gasteiger charge is -2.18. The van der Waals surface area contributed by atoms with Crippen molar-refractivity contribution < 1.29 is 14.0 Å². The van der Waals surface area contributed by atoms with Gasteiger partial charge < -0.3 is 18.9 Å². The molecule has 2 aliphatic heterocycles. The Kier molecular flexibility index (Phi) is 6.64. The van der Waals surface area contributed by atoms with Gasteiger partial charge in [-0.1, -0.05) is 23.4 Å². The summed E-state index contributed by atoms with van der Waals surface area (Å²) >= 11 is 0. The SMILES string of the molecule is COc1ccc(COc2ccc(-c3cc(C=CC4CN5CCC4C5)on3)cc2)cc1.Cl. The van der Waals surface area contributed by atoms with E-state index in [0.29, 0.717) is 12.5 Å². The first-order valence-corrected chi connectivity index (χ1v) is 10.5. The van der Waals surface area contributed by atoms with Crippen molar-refractivity contribution in [2.24, 2.45) is 11.8 Å². The molecular formula is C25H27ClN2O3. The van der Waals surface area contributed by atoms with Crippen LogP contribution in [0.25, 0.3) is 17.3 Å². The van der Waals surface area contributed by atoms with E-state index in [1.807, 2.05) is 54.6 Å². The van der Waals surface area contributed by atoms with E-state index in [0.717, 1.165) is 40.0 Å². The Morgan fingerprint density at radius 2 is 1.84 bits per heavy atom. The minimum absolute atomic E-state index is 0. The highest BCUT2D eigenvalue weighted by Crippen LogP contribution is 2.34. The second-order valence-corrected chi connectivity index (χ2v) is 8.11. The Labute approximate surface area is 189 Å². The number of methoxy groups -OCH3 is 1. The van der Waals surface area contributed by atoms with Crippen LogP contribution in [-0.2, 0) is 6.61 Å². The van der Waals surface area contributed by atoms with Gasteiger partial charge in [0.25, 0.3) is 0 Å². The first-order valence-electron chi connectivity index (χ1n) is 10.5. The fourth-order valence-electron chi connectivity index (χ4n) is 4.38. The fourth-order valence-corrected chi connectivity index (χ4v) is 4.38. The molecule has 5 nitrogen and oxygen atoms in total. The molecule has 3 atom stereocenters. The molecule has 0 amide bonds. The van der Waals surface area contributed by atoms with E-state index in [2.05, 4.69) is 22.2 Å². The van der Waals surface area contributed by atoms with Crippen LogP contribution in [0, 0.1) is 11.8 Å². The topological polar surface area (TPSA) is 47.7 Å². The normalized spacial score (nSPS) is 21.9. The van der Waals surface area contributed by atoms with Crippen LogP contribution in [0.1, 0.15) is 17.7 Å². The maximum absolute atomic E-state index is 5.88. The molecule has 2 fully saturated rings. The van der Waals surface area contributed by atoms with Gasteiger partial charge in [0.2, 0.25) is 0 Å². The zero-order chi connectivity index (χ0) is 20.3. The molecule has 162 valence electrons. The number of hydrogen-bond donors (Lipinski definition) is 0. The molecule has 5 rings (SSSR count). The summed E-state index contributed by atoms with van der Waals surface area (Å²) in [4.78, 5) is 2.55. The maximum atomic E-state index is 5.88. The van der Waals surface area contributed by atoms with Crippen LogP contribution in [0.3, 0.4) is 0 Å². The highest BCUT2D eigenvalue weighted by Gasteiger charge is 2.36. The molecule has 0 N–H and O–H groups in total. The van der Waals surface area contributed by atoms with Gasteiger partial charge >= 0.3 is 0 Å². The fraction of sp³-hybridized carbons (Fsp3) is 0.320. The zero-order valence-corrected chi connectivity index (χ0v) is 18.4. The van der Waals surface area contributed by atoms with Gasteiger partial charge in [0.1, 0.15) is 23.8 Å². The first-order chi connectivity index (χ1) is 14.8. The molecular weight excluding hydrogens is 412 g/mol. The van der Waals surface area contributed by atoms with E-state index in [9.17, 15) is 0 Å². The summed E-state index contributed by atoms with van der Waals surface area (Å²) < 4.78 is 16.6. The van der Waals surface area contributed by atoms with Gasteiger partial charge in [-0.2, -0.15) is 0 Å². The lowest BCUT2D eigenvalue weighted by Crippen LogP contribution is -2.21. The van der Waals surface area contributed by atoms with E-state index in [1.54, 1.807) is 7.11 Å². The van der Waals surface area contributed by atoms with Crippen molar-refractivity contribution >= 4 is 18.5 Å². The highest BCUT2D eigenvalue weighted by atomic mass is 35.5. The summed E-state index contributed by atoms with van der Waals surface area (Å²) in [5.41, 5.74) is 2.95. The second kappa shape index (κ2) is 9.58. The number of hydrogen-bond acceptors (Lipinski definition) is 5. The highest BCUT2D eigenvalue weighted by molar-refractivity contribution is 5.85. The van der Waals surface area contributed by atoms with Gasteiger partial charge in [-0.3, -0.25) is 0 Å². The number of rotatable bonds is 7. The van der Waals surface area contributed by atoms with Crippen molar-refractivity contribution in [3.05, 3.63) is 72.0 Å². The average Bonchev–Trinajstić information content (AvgIpc) is 3.54. The lowest BCUT2D eigenvalue weighted by molar-refractivity contribution is 0.306. The van der Waals surface area contributed by atoms with Crippen molar-refractivity contribution in [2.45, 2.75) is 13.0 Å². The molecule has 2 aliphatic rings. The molecule has 1 aromatic heterocycles. The van der Waals surface area contributed by atoms with Crippen LogP contribution >= 0.6 is 12.4 Å². The van der Waals surface area contributed by atoms with E-state index >= 15 is 0 Å². The van der Waals surface area contributed by atoms with Crippen LogP contribution in [0.5, 0.6) is 11.5 Å². The summed E-state index contributed by atoms with van der Waals surface area (Å²) in [6, 6.07) is 17.8. The van der Waals surface area contributed by atoms with Crippen LogP contribution in [-0.4, -0.2) is 36.8 Å². The monoisotopic (exact) mass is 438 g/mol. The van der Waals surface area contributed by atoms with E-state index in [4.69, 9.17) is 14.0 Å². The number of halogens is 1. The number of benzene rings is 2. The number of fused-ring (bicyclic) bond motifs is 2. The average molecular weight is 439 g/mol. The third kappa shape index (κ3) is 4.94. The Morgan fingerprint density at radius 3 is 2.52 bits per heavy atom. The molecule has 0 spiro atoms. The lowest BCUT2D eigenvalue weighted by atomic mass is 9.92. The van der Waals surface area contributed by atoms with Crippen molar-refractivity contribution in [3.8, 4) is 22.8 Å². The Morgan fingerprint density at radius 1 is 1.06 bits per heavy atom. The van der Waals surface area contributed by atoms with Crippen LogP contribution in [0.4, 0.5) is 0 Å². The second-order valence-electron chi connectivity index (χ2n) is 8.11. The number of piperidine rings is 1. The third-order valence-electron chi connectivity index (χ3n) is 6.13. The molecule has 0 radical (unpaired) electrons. The van der Waals surface area contributed by atoms with Gasteiger partial charge in [0.15, 0.2) is 5.76 Å². The van der Waals surface area contributed by atoms with Gasteiger partial charge in [0, 0.05) is 24.7 Å². The van der Waals surface area contributed by atoms with Crippen molar-refractivity contribution in [1.29, 1.82) is 0 Å². The van der Waals surface area contributed by atoms with E-state index in [1.165, 1.54) is 26.1 Å². The molecule has 0 aliphatic carbocycles. The summed E-state index contributed by atoms with van der Waals surface area (Å²) in [6.45, 7) is 4.22. The maximum Gasteiger partial charge on any atom is 0.159 e. The number of ether oxygens (including phenoxy) is 2. The van der Waals surface area contributed by atoms with Crippen molar-refractivity contribution in [1.82, 2.24) is 10.1 Å². The molecule has 2 aromatic carbocycles. The van der Waals surface area contributed by atoms with Gasteiger partial charge in [0.05, 0.1) is 7.11 Å². The Balaban J connectivity index is 0.00000231. The first kappa shape index (κ1) is 21.5. The summed E-state index contributed by atoms with van der Waals surface area (Å²) in [5, 5.41) is 4.23. The molecule has 3 unspecified atom stereocenters. The minimum atomic E-state index is 0. The number of aromatic nitrogens is 1.